The van der Waals surface area contributed by atoms with E-state index in [0.29, 0.717) is 24.1 Å². The molecule has 1 aliphatic rings. The van der Waals surface area contributed by atoms with Gasteiger partial charge < -0.3 is 25.1 Å². The van der Waals surface area contributed by atoms with Crippen LogP contribution in [0.2, 0.25) is 0 Å². The maximum atomic E-state index is 12.4. The topological polar surface area (TPSA) is 75.4 Å². The second-order valence-electron chi connectivity index (χ2n) is 7.84. The Morgan fingerprint density at radius 2 is 1.90 bits per heavy atom. The highest BCUT2D eigenvalue weighted by Crippen LogP contribution is 2.40. The molecule has 0 radical (unpaired) electrons. The maximum absolute atomic E-state index is 12.4. The Balaban J connectivity index is 1.67. The van der Waals surface area contributed by atoms with Crippen molar-refractivity contribution < 1.29 is 14.3 Å². The normalized spacial score (nSPS) is 15.6. The summed E-state index contributed by atoms with van der Waals surface area (Å²) < 4.78 is 11.3. The molecule has 1 heterocycles. The molecule has 1 aliphatic carbocycles. The van der Waals surface area contributed by atoms with Crippen molar-refractivity contribution in [3.8, 4) is 11.5 Å². The second-order valence-corrected chi connectivity index (χ2v) is 7.84. The summed E-state index contributed by atoms with van der Waals surface area (Å²) in [5.41, 5.74) is 3.25. The van der Waals surface area contributed by atoms with Crippen molar-refractivity contribution in [3.63, 3.8) is 0 Å². The molecule has 0 bridgehead atoms. The number of hydrogen-bond acceptors (Lipinski definition) is 4. The summed E-state index contributed by atoms with van der Waals surface area (Å²) in [6.07, 6.45) is 4.21. The number of carbonyl (C=O) groups excluding carboxylic acids is 1. The fourth-order valence-corrected chi connectivity index (χ4v) is 3.90. The molecule has 3 N–H and O–H groups in total. The first kappa shape index (κ1) is 20.3. The largest absolute Gasteiger partial charge is 0.493 e. The van der Waals surface area contributed by atoms with Crippen molar-refractivity contribution in [3.05, 3.63) is 59.8 Å². The lowest BCUT2D eigenvalue weighted by molar-refractivity contribution is -0.122. The molecule has 6 nitrogen and oxygen atoms in total. The Labute approximate surface area is 177 Å². The molecule has 2 aromatic carbocycles. The number of methoxy groups -OCH3 is 2. The third-order valence-electron chi connectivity index (χ3n) is 5.75. The minimum atomic E-state index is -0.282. The lowest BCUT2D eigenvalue weighted by Gasteiger charge is -2.23. The molecule has 4 rings (SSSR count). The zero-order chi connectivity index (χ0) is 21.1. The van der Waals surface area contributed by atoms with E-state index in [-0.39, 0.29) is 17.9 Å². The molecular formula is C24H29N3O3. The van der Waals surface area contributed by atoms with Gasteiger partial charge in [0.1, 0.15) is 0 Å². The lowest BCUT2D eigenvalue weighted by atomic mass is 9.89. The fraction of sp³-hybridized carbons (Fsp3) is 0.375. The van der Waals surface area contributed by atoms with E-state index < -0.39 is 0 Å². The summed E-state index contributed by atoms with van der Waals surface area (Å²) >= 11 is 0. The third-order valence-corrected chi connectivity index (χ3v) is 5.75. The zero-order valence-corrected chi connectivity index (χ0v) is 17.7. The Morgan fingerprint density at radius 1 is 1.10 bits per heavy atom. The molecule has 6 heteroatoms. The summed E-state index contributed by atoms with van der Waals surface area (Å²) in [6, 6.07) is 14.2. The van der Waals surface area contributed by atoms with Crippen molar-refractivity contribution in [1.29, 1.82) is 0 Å². The number of H-pyrrole nitrogens is 1. The van der Waals surface area contributed by atoms with Crippen LogP contribution in [-0.4, -0.2) is 43.7 Å². The van der Waals surface area contributed by atoms with Crippen LogP contribution in [0.4, 0.5) is 0 Å². The molecular weight excluding hydrogens is 378 g/mol. The number of fused-ring (bicyclic) bond motifs is 1. The van der Waals surface area contributed by atoms with Crippen molar-refractivity contribution in [2.24, 2.45) is 0 Å². The van der Waals surface area contributed by atoms with Crippen LogP contribution in [0.1, 0.15) is 36.8 Å². The highest BCUT2D eigenvalue weighted by Gasteiger charge is 2.27. The van der Waals surface area contributed by atoms with Gasteiger partial charge in [-0.15, -0.1) is 0 Å². The summed E-state index contributed by atoms with van der Waals surface area (Å²) in [6.45, 7) is 2.50. The van der Waals surface area contributed by atoms with Gasteiger partial charge in [0.05, 0.1) is 20.3 Å². The average Bonchev–Trinajstić information content (AvgIpc) is 3.49. The highest BCUT2D eigenvalue weighted by atomic mass is 16.5. The van der Waals surface area contributed by atoms with Gasteiger partial charge in [-0.2, -0.15) is 0 Å². The van der Waals surface area contributed by atoms with E-state index >= 15 is 0 Å². The molecule has 0 spiro atoms. The highest BCUT2D eigenvalue weighted by molar-refractivity contribution is 5.84. The summed E-state index contributed by atoms with van der Waals surface area (Å²) in [4.78, 5) is 15.8. The molecule has 1 amide bonds. The molecule has 3 aromatic rings. The van der Waals surface area contributed by atoms with Crippen LogP contribution in [0.5, 0.6) is 11.5 Å². The smallest absolute Gasteiger partial charge is 0.237 e. The van der Waals surface area contributed by atoms with Gasteiger partial charge in [0.25, 0.3) is 0 Å². The summed E-state index contributed by atoms with van der Waals surface area (Å²) in [7, 11) is 3.30. The molecule has 2 atom stereocenters. The predicted molar refractivity (Wildman–Crippen MR) is 118 cm³/mol. The van der Waals surface area contributed by atoms with Crippen molar-refractivity contribution in [2.75, 3.05) is 20.8 Å². The van der Waals surface area contributed by atoms with Crippen LogP contribution in [0, 0.1) is 0 Å². The minimum absolute atomic E-state index is 0.0256. The molecule has 0 unspecified atom stereocenters. The number of aromatic amines is 1. The Bertz CT molecular complexity index is 1030. The average molecular weight is 408 g/mol. The number of rotatable bonds is 9. The lowest BCUT2D eigenvalue weighted by Crippen LogP contribution is -2.44. The van der Waals surface area contributed by atoms with Crippen LogP contribution < -0.4 is 20.1 Å². The van der Waals surface area contributed by atoms with Gasteiger partial charge in [0, 0.05) is 41.2 Å². The van der Waals surface area contributed by atoms with Crippen LogP contribution in [0.25, 0.3) is 10.9 Å². The Morgan fingerprint density at radius 3 is 2.63 bits per heavy atom. The number of nitrogens with one attached hydrogen (secondary N) is 3. The number of para-hydroxylation sites is 2. The molecule has 0 aliphatic heterocycles. The first-order valence-corrected chi connectivity index (χ1v) is 10.4. The SMILES string of the molecule is COc1cccc([C@H](CN[C@H](C)C(=O)NC2CC2)c2c[nH]c3ccccc23)c1OC. The van der Waals surface area contributed by atoms with Gasteiger partial charge >= 0.3 is 0 Å². The van der Waals surface area contributed by atoms with Gasteiger partial charge in [0.15, 0.2) is 11.5 Å². The zero-order valence-electron chi connectivity index (χ0n) is 17.7. The van der Waals surface area contributed by atoms with Gasteiger partial charge in [-0.3, -0.25) is 4.79 Å². The van der Waals surface area contributed by atoms with Crippen LogP contribution >= 0.6 is 0 Å². The quantitative estimate of drug-likeness (QED) is 0.507. The first-order chi connectivity index (χ1) is 14.6. The molecule has 1 aromatic heterocycles. The number of aromatic nitrogens is 1. The first-order valence-electron chi connectivity index (χ1n) is 10.4. The molecule has 1 fully saturated rings. The van der Waals surface area contributed by atoms with E-state index in [9.17, 15) is 4.79 Å². The minimum Gasteiger partial charge on any atom is -0.493 e. The van der Waals surface area contributed by atoms with Crippen LogP contribution in [0.15, 0.2) is 48.7 Å². The fourth-order valence-electron chi connectivity index (χ4n) is 3.90. The van der Waals surface area contributed by atoms with Crippen molar-refractivity contribution in [1.82, 2.24) is 15.6 Å². The van der Waals surface area contributed by atoms with E-state index in [2.05, 4.69) is 33.8 Å². The van der Waals surface area contributed by atoms with E-state index in [1.807, 2.05) is 37.4 Å². The number of hydrogen-bond donors (Lipinski definition) is 3. The van der Waals surface area contributed by atoms with Gasteiger partial charge in [-0.05, 0) is 37.5 Å². The van der Waals surface area contributed by atoms with E-state index in [4.69, 9.17) is 9.47 Å². The van der Waals surface area contributed by atoms with Gasteiger partial charge in [0.2, 0.25) is 5.91 Å². The van der Waals surface area contributed by atoms with Gasteiger partial charge in [-0.25, -0.2) is 0 Å². The van der Waals surface area contributed by atoms with Crippen LogP contribution in [-0.2, 0) is 4.79 Å². The number of benzene rings is 2. The maximum Gasteiger partial charge on any atom is 0.237 e. The number of carbonyl (C=O) groups is 1. The number of ether oxygens (including phenoxy) is 2. The van der Waals surface area contributed by atoms with Crippen molar-refractivity contribution >= 4 is 16.8 Å². The second kappa shape index (κ2) is 8.79. The van der Waals surface area contributed by atoms with Crippen LogP contribution in [0.3, 0.4) is 0 Å². The Kier molecular flexibility index (Phi) is 5.95. The molecule has 30 heavy (non-hydrogen) atoms. The third kappa shape index (κ3) is 4.14. The summed E-state index contributed by atoms with van der Waals surface area (Å²) in [5.74, 6) is 1.43. The molecule has 1 saturated carbocycles. The number of amides is 1. The molecule has 158 valence electrons. The van der Waals surface area contributed by atoms with Gasteiger partial charge in [-0.1, -0.05) is 30.3 Å². The predicted octanol–water partition coefficient (Wildman–Crippen LogP) is 3.57. The van der Waals surface area contributed by atoms with E-state index in [0.717, 1.165) is 34.9 Å². The summed E-state index contributed by atoms with van der Waals surface area (Å²) in [5, 5.41) is 7.66. The Hall–Kier alpha value is -2.99. The van der Waals surface area contributed by atoms with E-state index in [1.165, 1.54) is 0 Å². The molecule has 0 saturated heterocycles. The monoisotopic (exact) mass is 407 g/mol. The standard InChI is InChI=1S/C24H29N3O3/c1-15(24(28)27-16-11-12-16)25-13-20(18-8-6-10-22(29-2)23(18)30-3)19-14-26-21-9-5-4-7-17(19)21/h4-10,14-16,20,25-26H,11-13H2,1-3H3,(H,27,28)/t15-,20+/m1/s1. The van der Waals surface area contributed by atoms with E-state index in [1.54, 1.807) is 14.2 Å². The van der Waals surface area contributed by atoms with Crippen molar-refractivity contribution in [2.45, 2.75) is 37.8 Å².